The summed E-state index contributed by atoms with van der Waals surface area (Å²) in [4.78, 5) is 14.6. The molecule has 1 amide bonds. The Kier molecular flexibility index (Phi) is 4.43. The first kappa shape index (κ1) is 11.0. The van der Waals surface area contributed by atoms with Gasteiger partial charge in [-0.1, -0.05) is 32.6 Å². The molecule has 0 saturated carbocycles. The molecule has 0 bridgehead atoms. The van der Waals surface area contributed by atoms with Crippen LogP contribution in [0.4, 0.5) is 0 Å². The van der Waals surface area contributed by atoms with E-state index < -0.39 is 6.10 Å². The molecule has 0 aromatic heterocycles. The Balaban J connectivity index is 2.06. The van der Waals surface area contributed by atoms with Crippen molar-refractivity contribution in [1.82, 2.24) is 0 Å². The second-order valence-electron chi connectivity index (χ2n) is 3.60. The number of amides is 1. The number of carbonyl (C=O) groups excluding carboxylic acids is 1. The Labute approximate surface area is 84.5 Å². The van der Waals surface area contributed by atoms with Gasteiger partial charge < -0.3 is 10.5 Å². The molecule has 0 spiro atoms. The molecule has 1 atom stereocenters. The smallest absolute Gasteiger partial charge is 0.291 e. The molecule has 0 fully saturated rings. The van der Waals surface area contributed by atoms with Crippen LogP contribution in [0.3, 0.4) is 0 Å². The monoisotopic (exact) mass is 198 g/mol. The highest BCUT2D eigenvalue weighted by Gasteiger charge is 2.26. The van der Waals surface area contributed by atoms with E-state index in [-0.39, 0.29) is 11.9 Å². The number of aliphatic imine (C=N–C) groups is 1. The minimum Gasteiger partial charge on any atom is -0.452 e. The van der Waals surface area contributed by atoms with Crippen molar-refractivity contribution in [3.63, 3.8) is 0 Å². The molecule has 1 rings (SSSR count). The maximum atomic E-state index is 11.1. The molecule has 0 saturated heterocycles. The van der Waals surface area contributed by atoms with Crippen molar-refractivity contribution in [3.8, 4) is 0 Å². The van der Waals surface area contributed by atoms with E-state index in [0.717, 1.165) is 19.3 Å². The summed E-state index contributed by atoms with van der Waals surface area (Å²) < 4.78 is 5.06. The summed E-state index contributed by atoms with van der Waals surface area (Å²) in [6.07, 6.45) is 6.23. The first-order valence-electron chi connectivity index (χ1n) is 5.28. The highest BCUT2D eigenvalue weighted by Crippen LogP contribution is 2.13. The van der Waals surface area contributed by atoms with Gasteiger partial charge >= 0.3 is 0 Å². The SMILES string of the molecule is CCCCCCCC1OC(N)=NC1=O. The number of nitrogens with zero attached hydrogens (tertiary/aromatic N) is 1. The summed E-state index contributed by atoms with van der Waals surface area (Å²) in [5.74, 6) is -0.224. The molecule has 0 aromatic carbocycles. The van der Waals surface area contributed by atoms with Crippen LogP contribution >= 0.6 is 0 Å². The molecular weight excluding hydrogens is 180 g/mol. The van der Waals surface area contributed by atoms with Crippen LogP contribution in [0.5, 0.6) is 0 Å². The van der Waals surface area contributed by atoms with Gasteiger partial charge in [0.15, 0.2) is 6.10 Å². The van der Waals surface area contributed by atoms with Gasteiger partial charge in [-0.2, -0.15) is 4.99 Å². The van der Waals surface area contributed by atoms with E-state index in [9.17, 15) is 4.79 Å². The second kappa shape index (κ2) is 5.62. The van der Waals surface area contributed by atoms with Crippen LogP contribution in [0.15, 0.2) is 4.99 Å². The molecule has 80 valence electrons. The summed E-state index contributed by atoms with van der Waals surface area (Å²) in [5, 5.41) is 0. The zero-order valence-electron chi connectivity index (χ0n) is 8.66. The van der Waals surface area contributed by atoms with Crippen molar-refractivity contribution in [1.29, 1.82) is 0 Å². The Morgan fingerprint density at radius 1 is 1.36 bits per heavy atom. The predicted molar refractivity (Wildman–Crippen MR) is 54.9 cm³/mol. The first-order valence-corrected chi connectivity index (χ1v) is 5.28. The number of hydrogen-bond donors (Lipinski definition) is 1. The van der Waals surface area contributed by atoms with Crippen molar-refractivity contribution in [2.45, 2.75) is 51.6 Å². The average molecular weight is 198 g/mol. The fourth-order valence-corrected chi connectivity index (χ4v) is 1.52. The standard InChI is InChI=1S/C10H18N2O2/c1-2-3-4-5-6-7-8-9(13)12-10(11)14-8/h8H,2-7H2,1H3,(H2,11,12,13). The number of hydrogen-bond acceptors (Lipinski definition) is 3. The van der Waals surface area contributed by atoms with E-state index in [2.05, 4.69) is 11.9 Å². The van der Waals surface area contributed by atoms with Crippen LogP contribution in [0.1, 0.15) is 45.4 Å². The van der Waals surface area contributed by atoms with Gasteiger partial charge in [0.1, 0.15) is 0 Å². The van der Waals surface area contributed by atoms with E-state index >= 15 is 0 Å². The fourth-order valence-electron chi connectivity index (χ4n) is 1.52. The third-order valence-corrected chi connectivity index (χ3v) is 2.33. The highest BCUT2D eigenvalue weighted by molar-refractivity contribution is 5.97. The fraction of sp³-hybridized carbons (Fsp3) is 0.800. The van der Waals surface area contributed by atoms with E-state index in [1.165, 1.54) is 19.3 Å². The van der Waals surface area contributed by atoms with Crippen LogP contribution in [0.2, 0.25) is 0 Å². The van der Waals surface area contributed by atoms with E-state index in [4.69, 9.17) is 10.5 Å². The van der Waals surface area contributed by atoms with Gasteiger partial charge in [-0.05, 0) is 12.8 Å². The number of nitrogens with two attached hydrogens (primary N) is 1. The minimum absolute atomic E-state index is 0.0218. The molecule has 0 radical (unpaired) electrons. The molecule has 1 heterocycles. The zero-order chi connectivity index (χ0) is 10.4. The Morgan fingerprint density at radius 2 is 2.07 bits per heavy atom. The van der Waals surface area contributed by atoms with Crippen LogP contribution in [0.25, 0.3) is 0 Å². The number of unbranched alkanes of at least 4 members (excludes halogenated alkanes) is 4. The quantitative estimate of drug-likeness (QED) is 0.659. The van der Waals surface area contributed by atoms with Crippen molar-refractivity contribution in [3.05, 3.63) is 0 Å². The molecule has 1 aliphatic rings. The van der Waals surface area contributed by atoms with Crippen LogP contribution in [0, 0.1) is 0 Å². The topological polar surface area (TPSA) is 64.7 Å². The van der Waals surface area contributed by atoms with Crippen LogP contribution < -0.4 is 5.73 Å². The molecule has 4 nitrogen and oxygen atoms in total. The zero-order valence-corrected chi connectivity index (χ0v) is 8.66. The molecule has 1 unspecified atom stereocenters. The van der Waals surface area contributed by atoms with Crippen molar-refractivity contribution in [2.75, 3.05) is 0 Å². The van der Waals surface area contributed by atoms with Crippen molar-refractivity contribution >= 4 is 11.9 Å². The normalized spacial score (nSPS) is 20.8. The third kappa shape index (κ3) is 3.36. The molecule has 2 N–H and O–H groups in total. The van der Waals surface area contributed by atoms with E-state index in [1.54, 1.807) is 0 Å². The second-order valence-corrected chi connectivity index (χ2v) is 3.60. The van der Waals surface area contributed by atoms with Gasteiger partial charge in [-0.3, -0.25) is 4.79 Å². The largest absolute Gasteiger partial charge is 0.452 e. The molecule has 14 heavy (non-hydrogen) atoms. The van der Waals surface area contributed by atoms with Crippen LogP contribution in [-0.4, -0.2) is 18.0 Å². The lowest BCUT2D eigenvalue weighted by atomic mass is 10.1. The number of rotatable bonds is 6. The maximum absolute atomic E-state index is 11.1. The van der Waals surface area contributed by atoms with Gasteiger partial charge in [0, 0.05) is 0 Å². The van der Waals surface area contributed by atoms with Crippen molar-refractivity contribution in [2.24, 2.45) is 10.7 Å². The molecule has 0 aromatic rings. The predicted octanol–water partition coefficient (Wildman–Crippen LogP) is 1.59. The molecule has 0 aliphatic carbocycles. The lowest BCUT2D eigenvalue weighted by Gasteiger charge is -2.07. The average Bonchev–Trinajstić information content (AvgIpc) is 2.45. The van der Waals surface area contributed by atoms with E-state index in [0.29, 0.717) is 0 Å². The van der Waals surface area contributed by atoms with Gasteiger partial charge in [0.2, 0.25) is 0 Å². The number of amidine groups is 1. The summed E-state index contributed by atoms with van der Waals surface area (Å²) >= 11 is 0. The van der Waals surface area contributed by atoms with Gasteiger partial charge in [0.25, 0.3) is 11.9 Å². The summed E-state index contributed by atoms with van der Waals surface area (Å²) in [5.41, 5.74) is 5.27. The molecular formula is C10H18N2O2. The van der Waals surface area contributed by atoms with Gasteiger partial charge in [0.05, 0.1) is 0 Å². The number of carbonyl (C=O) groups is 1. The van der Waals surface area contributed by atoms with Crippen LogP contribution in [-0.2, 0) is 9.53 Å². The lowest BCUT2D eigenvalue weighted by molar-refractivity contribution is -0.122. The summed E-state index contributed by atoms with van der Waals surface area (Å²) in [7, 11) is 0. The Bertz CT molecular complexity index is 226. The summed E-state index contributed by atoms with van der Waals surface area (Å²) in [6.45, 7) is 2.18. The third-order valence-electron chi connectivity index (χ3n) is 2.33. The molecule has 1 aliphatic heterocycles. The van der Waals surface area contributed by atoms with Gasteiger partial charge in [-0.25, -0.2) is 0 Å². The first-order chi connectivity index (χ1) is 6.74. The highest BCUT2D eigenvalue weighted by atomic mass is 16.5. The Morgan fingerprint density at radius 3 is 2.64 bits per heavy atom. The van der Waals surface area contributed by atoms with E-state index in [1.807, 2.05) is 0 Å². The summed E-state index contributed by atoms with van der Waals surface area (Å²) in [6, 6.07) is 0.0218. The maximum Gasteiger partial charge on any atom is 0.291 e. The minimum atomic E-state index is -0.406. The Hall–Kier alpha value is -1.06. The molecule has 4 heteroatoms. The lowest BCUT2D eigenvalue weighted by Crippen LogP contribution is -2.20. The number of ether oxygens (including phenoxy) is 1. The van der Waals surface area contributed by atoms with Gasteiger partial charge in [-0.15, -0.1) is 0 Å². The van der Waals surface area contributed by atoms with Crippen molar-refractivity contribution < 1.29 is 9.53 Å².